The van der Waals surface area contributed by atoms with E-state index in [0.717, 1.165) is 11.1 Å². The summed E-state index contributed by atoms with van der Waals surface area (Å²) in [5.41, 5.74) is 2.98. The van der Waals surface area contributed by atoms with Crippen LogP contribution in [0.1, 0.15) is 22.6 Å². The van der Waals surface area contributed by atoms with Gasteiger partial charge in [-0.15, -0.1) is 0 Å². The van der Waals surface area contributed by atoms with Crippen molar-refractivity contribution in [1.29, 1.82) is 0 Å². The van der Waals surface area contributed by atoms with Crippen molar-refractivity contribution in [3.63, 3.8) is 0 Å². The van der Waals surface area contributed by atoms with E-state index >= 15 is 0 Å². The number of pyridine rings is 1. The van der Waals surface area contributed by atoms with Gasteiger partial charge in [-0.05, 0) is 47.0 Å². The van der Waals surface area contributed by atoms with Crippen LogP contribution in [-0.2, 0) is 22.1 Å². The molecular formula is C27H27N3O4S. The Morgan fingerprint density at radius 1 is 0.971 bits per heavy atom. The summed E-state index contributed by atoms with van der Waals surface area (Å²) in [7, 11) is -3.41. The average Bonchev–Trinajstić information content (AvgIpc) is 2.84. The van der Waals surface area contributed by atoms with Gasteiger partial charge in [-0.25, -0.2) is 13.2 Å². The van der Waals surface area contributed by atoms with Gasteiger partial charge in [0.2, 0.25) is 0 Å². The van der Waals surface area contributed by atoms with Crippen LogP contribution in [0.5, 0.6) is 5.75 Å². The van der Waals surface area contributed by atoms with Gasteiger partial charge < -0.3 is 15.7 Å². The van der Waals surface area contributed by atoms with Crippen molar-refractivity contribution in [3.05, 3.63) is 114 Å². The SMILES string of the molecule is O=C(NCc1cccnc1)Nc1ccc(CS(=O)(=O)CC2C=CC=CC2c2cccc(O)c2)cc1. The molecule has 8 heteroatoms. The Morgan fingerprint density at radius 2 is 1.77 bits per heavy atom. The topological polar surface area (TPSA) is 108 Å². The fourth-order valence-electron chi connectivity index (χ4n) is 4.05. The highest BCUT2D eigenvalue weighted by molar-refractivity contribution is 7.90. The molecule has 0 spiro atoms. The summed E-state index contributed by atoms with van der Waals surface area (Å²) < 4.78 is 26.0. The standard InChI is InChI=1S/C27H27N3O4S/c31-25-8-3-7-22(15-25)26-9-2-1-6-23(26)19-35(33,34)18-20-10-12-24(13-11-20)30-27(32)29-17-21-5-4-14-28-16-21/h1-16,23,26,31H,17-19H2,(H2,29,30,32). The second-order valence-electron chi connectivity index (χ2n) is 8.47. The van der Waals surface area contributed by atoms with E-state index < -0.39 is 9.84 Å². The monoisotopic (exact) mass is 489 g/mol. The number of nitrogens with zero attached hydrogens (tertiary/aromatic N) is 1. The maximum Gasteiger partial charge on any atom is 0.319 e. The van der Waals surface area contributed by atoms with Crippen molar-refractivity contribution in [2.75, 3.05) is 11.1 Å². The second-order valence-corrected chi connectivity index (χ2v) is 10.6. The van der Waals surface area contributed by atoms with E-state index in [1.54, 1.807) is 60.9 Å². The zero-order chi connectivity index (χ0) is 24.7. The summed E-state index contributed by atoms with van der Waals surface area (Å²) in [6.07, 6.45) is 11.0. The number of phenolic OH excluding ortho intramolecular Hbond substituents is 1. The van der Waals surface area contributed by atoms with E-state index in [1.165, 1.54) is 0 Å². The van der Waals surface area contributed by atoms with Gasteiger partial charge >= 0.3 is 6.03 Å². The molecule has 0 fully saturated rings. The number of amides is 2. The van der Waals surface area contributed by atoms with Gasteiger partial charge in [-0.1, -0.05) is 54.6 Å². The van der Waals surface area contributed by atoms with Gasteiger partial charge in [0.15, 0.2) is 9.84 Å². The number of benzene rings is 2. The summed E-state index contributed by atoms with van der Waals surface area (Å²) in [6, 6.07) is 17.0. The van der Waals surface area contributed by atoms with Crippen LogP contribution in [-0.4, -0.2) is 30.3 Å². The average molecular weight is 490 g/mol. The molecule has 3 N–H and O–H groups in total. The van der Waals surface area contributed by atoms with Crippen molar-refractivity contribution < 1.29 is 18.3 Å². The first-order valence-corrected chi connectivity index (χ1v) is 13.1. The number of carbonyl (C=O) groups excluding carboxylic acids is 1. The number of rotatable bonds is 8. The van der Waals surface area contributed by atoms with Gasteiger partial charge in [-0.2, -0.15) is 0 Å². The molecule has 2 atom stereocenters. The van der Waals surface area contributed by atoms with E-state index in [9.17, 15) is 18.3 Å². The zero-order valence-electron chi connectivity index (χ0n) is 19.0. The van der Waals surface area contributed by atoms with Gasteiger partial charge in [0, 0.05) is 36.5 Å². The number of carbonyl (C=O) groups is 1. The number of nitrogens with one attached hydrogen (secondary N) is 2. The molecule has 2 amide bonds. The van der Waals surface area contributed by atoms with E-state index in [0.29, 0.717) is 17.8 Å². The number of aromatic nitrogens is 1. The van der Waals surface area contributed by atoms with Gasteiger partial charge in [-0.3, -0.25) is 4.98 Å². The zero-order valence-corrected chi connectivity index (χ0v) is 19.9. The van der Waals surface area contributed by atoms with Crippen molar-refractivity contribution in [3.8, 4) is 5.75 Å². The van der Waals surface area contributed by atoms with Crippen LogP contribution in [0.4, 0.5) is 10.5 Å². The molecule has 1 aliphatic rings. The number of aromatic hydroxyl groups is 1. The highest BCUT2D eigenvalue weighted by Gasteiger charge is 2.26. The molecule has 0 aliphatic heterocycles. The molecule has 1 heterocycles. The molecule has 1 aromatic heterocycles. The van der Waals surface area contributed by atoms with E-state index in [-0.39, 0.29) is 35.1 Å². The Balaban J connectivity index is 1.34. The van der Waals surface area contributed by atoms with Crippen LogP contribution >= 0.6 is 0 Å². The molecule has 1 aliphatic carbocycles. The maximum atomic E-state index is 13.0. The van der Waals surface area contributed by atoms with E-state index in [1.807, 2.05) is 36.4 Å². The summed E-state index contributed by atoms with van der Waals surface area (Å²) >= 11 is 0. The van der Waals surface area contributed by atoms with Gasteiger partial charge in [0.1, 0.15) is 5.75 Å². The lowest BCUT2D eigenvalue weighted by Crippen LogP contribution is -2.28. The predicted octanol–water partition coefficient (Wildman–Crippen LogP) is 4.55. The molecule has 35 heavy (non-hydrogen) atoms. The molecule has 0 saturated heterocycles. The fourth-order valence-corrected chi connectivity index (χ4v) is 5.78. The summed E-state index contributed by atoms with van der Waals surface area (Å²) in [5, 5.41) is 15.3. The third kappa shape index (κ3) is 7.04. The van der Waals surface area contributed by atoms with Crippen LogP contribution in [0, 0.1) is 5.92 Å². The molecule has 3 aromatic rings. The second kappa shape index (κ2) is 11.0. The molecule has 0 radical (unpaired) electrons. The lowest BCUT2D eigenvalue weighted by Gasteiger charge is -2.24. The number of hydrogen-bond donors (Lipinski definition) is 3. The van der Waals surface area contributed by atoms with Gasteiger partial charge in [0.25, 0.3) is 0 Å². The first-order valence-electron chi connectivity index (χ1n) is 11.2. The predicted molar refractivity (Wildman–Crippen MR) is 137 cm³/mol. The lowest BCUT2D eigenvalue weighted by atomic mass is 9.84. The number of anilines is 1. The van der Waals surface area contributed by atoms with Gasteiger partial charge in [0.05, 0.1) is 11.5 Å². The molecule has 2 aromatic carbocycles. The van der Waals surface area contributed by atoms with Crippen molar-refractivity contribution >= 4 is 21.6 Å². The summed E-state index contributed by atoms with van der Waals surface area (Å²) in [4.78, 5) is 16.1. The Morgan fingerprint density at radius 3 is 2.51 bits per heavy atom. The van der Waals surface area contributed by atoms with Crippen LogP contribution in [0.15, 0.2) is 97.4 Å². The fraction of sp³-hybridized carbons (Fsp3) is 0.185. The normalized spacial score (nSPS) is 17.1. The minimum atomic E-state index is -3.41. The largest absolute Gasteiger partial charge is 0.508 e. The lowest BCUT2D eigenvalue weighted by molar-refractivity contribution is 0.251. The quantitative estimate of drug-likeness (QED) is 0.430. The molecule has 7 nitrogen and oxygen atoms in total. The number of allylic oxidation sites excluding steroid dienone is 4. The smallest absolute Gasteiger partial charge is 0.319 e. The summed E-state index contributed by atoms with van der Waals surface area (Å²) in [6.45, 7) is 0.352. The number of hydrogen-bond acceptors (Lipinski definition) is 5. The minimum absolute atomic E-state index is 0.00901. The number of urea groups is 1. The Bertz CT molecular complexity index is 1320. The Labute approximate surface area is 205 Å². The molecule has 180 valence electrons. The van der Waals surface area contributed by atoms with Crippen LogP contribution in [0.25, 0.3) is 0 Å². The van der Waals surface area contributed by atoms with Crippen molar-refractivity contribution in [2.24, 2.45) is 5.92 Å². The molecule has 0 saturated carbocycles. The molecule has 4 rings (SSSR count). The van der Waals surface area contributed by atoms with Crippen molar-refractivity contribution in [1.82, 2.24) is 10.3 Å². The van der Waals surface area contributed by atoms with Crippen molar-refractivity contribution in [2.45, 2.75) is 18.2 Å². The minimum Gasteiger partial charge on any atom is -0.508 e. The van der Waals surface area contributed by atoms with Crippen LogP contribution < -0.4 is 10.6 Å². The third-order valence-electron chi connectivity index (χ3n) is 5.72. The maximum absolute atomic E-state index is 13.0. The van der Waals surface area contributed by atoms with E-state index in [2.05, 4.69) is 15.6 Å². The molecular weight excluding hydrogens is 462 g/mol. The van der Waals surface area contributed by atoms with Crippen LogP contribution in [0.2, 0.25) is 0 Å². The first-order chi connectivity index (χ1) is 16.9. The van der Waals surface area contributed by atoms with Crippen LogP contribution in [0.3, 0.4) is 0 Å². The number of sulfone groups is 1. The highest BCUT2D eigenvalue weighted by Crippen LogP contribution is 2.33. The van der Waals surface area contributed by atoms with E-state index in [4.69, 9.17) is 0 Å². The third-order valence-corrected chi connectivity index (χ3v) is 7.39. The number of phenols is 1. The Kier molecular flexibility index (Phi) is 7.62. The first kappa shape index (κ1) is 24.2. The highest BCUT2D eigenvalue weighted by atomic mass is 32.2. The molecule has 2 unspecified atom stereocenters. The Hall–Kier alpha value is -3.91. The molecule has 0 bridgehead atoms. The summed E-state index contributed by atoms with van der Waals surface area (Å²) in [5.74, 6) is -0.298.